The number of nitrogens with one attached hydrogen (secondary N) is 1. The number of aryl methyl sites for hydroxylation is 1. The molecule has 2 unspecified atom stereocenters. The summed E-state index contributed by atoms with van der Waals surface area (Å²) in [4.78, 5) is 28.4. The molecule has 7 nitrogen and oxygen atoms in total. The first-order valence-corrected chi connectivity index (χ1v) is 10.3. The molecule has 2 atom stereocenters. The monoisotopic (exact) mass is 402 g/mol. The van der Waals surface area contributed by atoms with Gasteiger partial charge in [0.2, 0.25) is 11.8 Å². The fourth-order valence-corrected chi connectivity index (χ4v) is 4.10. The fourth-order valence-electron chi connectivity index (χ4n) is 3.09. The van der Waals surface area contributed by atoms with Crippen molar-refractivity contribution in [2.45, 2.75) is 56.7 Å². The Morgan fingerprint density at radius 2 is 2.07 bits per heavy atom. The van der Waals surface area contributed by atoms with E-state index < -0.39 is 5.91 Å². The summed E-state index contributed by atoms with van der Waals surface area (Å²) in [7, 11) is 0. The Balaban J connectivity index is 1.66. The van der Waals surface area contributed by atoms with Crippen LogP contribution in [0.1, 0.15) is 41.5 Å². The number of nitrogens with two attached hydrogens (primary N) is 1. The van der Waals surface area contributed by atoms with Crippen LogP contribution in [0.4, 0.5) is 5.69 Å². The maximum atomic E-state index is 12.6. The van der Waals surface area contributed by atoms with Crippen LogP contribution in [-0.4, -0.2) is 39.3 Å². The van der Waals surface area contributed by atoms with Crippen LogP contribution in [0.15, 0.2) is 29.4 Å². The van der Waals surface area contributed by atoms with Gasteiger partial charge in [-0.2, -0.15) is 0 Å². The second kappa shape index (κ2) is 8.79. The number of carbonyl (C=O) groups excluding carboxylic acids is 2. The smallest absolute Gasteiger partial charge is 0.248 e. The van der Waals surface area contributed by atoms with Crippen molar-refractivity contribution in [2.75, 3.05) is 11.9 Å². The van der Waals surface area contributed by atoms with Gasteiger partial charge in [-0.3, -0.25) is 9.59 Å². The molecule has 0 saturated carbocycles. The van der Waals surface area contributed by atoms with Crippen molar-refractivity contribution < 1.29 is 14.3 Å². The number of amides is 2. The number of benzene rings is 1. The van der Waals surface area contributed by atoms with E-state index in [9.17, 15) is 9.59 Å². The van der Waals surface area contributed by atoms with E-state index in [0.29, 0.717) is 11.3 Å². The van der Waals surface area contributed by atoms with Crippen molar-refractivity contribution in [1.29, 1.82) is 0 Å². The zero-order chi connectivity index (χ0) is 20.3. The van der Waals surface area contributed by atoms with Gasteiger partial charge in [-0.25, -0.2) is 4.98 Å². The lowest BCUT2D eigenvalue weighted by Gasteiger charge is -2.16. The van der Waals surface area contributed by atoms with Gasteiger partial charge in [0.25, 0.3) is 0 Å². The molecule has 0 radical (unpaired) electrons. The number of rotatable bonds is 7. The number of hydrogen-bond acceptors (Lipinski definition) is 5. The van der Waals surface area contributed by atoms with Crippen molar-refractivity contribution in [3.63, 3.8) is 0 Å². The molecule has 0 bridgehead atoms. The maximum absolute atomic E-state index is 12.6. The Labute approximate surface area is 169 Å². The van der Waals surface area contributed by atoms with Crippen molar-refractivity contribution in [1.82, 2.24) is 9.55 Å². The summed E-state index contributed by atoms with van der Waals surface area (Å²) in [6.45, 7) is 7.46. The average molecular weight is 403 g/mol. The summed E-state index contributed by atoms with van der Waals surface area (Å²) in [5.74, 6) is -0.621. The quantitative estimate of drug-likeness (QED) is 0.694. The molecule has 8 heteroatoms. The molecular formula is C20H26N4O3S. The number of aromatic nitrogens is 2. The molecule has 1 saturated heterocycles. The molecule has 28 heavy (non-hydrogen) atoms. The maximum Gasteiger partial charge on any atom is 0.248 e. The topological polar surface area (TPSA) is 99.2 Å². The number of carbonyl (C=O) groups is 2. The summed E-state index contributed by atoms with van der Waals surface area (Å²) < 4.78 is 7.92. The van der Waals surface area contributed by atoms with E-state index in [2.05, 4.69) is 14.9 Å². The Morgan fingerprint density at radius 3 is 2.68 bits per heavy atom. The number of nitrogens with zero attached hydrogens (tertiary/aromatic N) is 2. The molecular weight excluding hydrogens is 376 g/mol. The van der Waals surface area contributed by atoms with Gasteiger partial charge in [0.1, 0.15) is 0 Å². The summed E-state index contributed by atoms with van der Waals surface area (Å²) in [5, 5.41) is 3.37. The fraction of sp³-hybridized carbons (Fsp3) is 0.450. The molecule has 2 amide bonds. The molecule has 1 aromatic heterocycles. The predicted molar refractivity (Wildman–Crippen MR) is 110 cm³/mol. The lowest BCUT2D eigenvalue weighted by Crippen LogP contribution is -2.23. The van der Waals surface area contributed by atoms with Crippen molar-refractivity contribution in [3.05, 3.63) is 41.2 Å². The highest BCUT2D eigenvalue weighted by Gasteiger charge is 2.23. The largest absolute Gasteiger partial charge is 0.376 e. The molecule has 1 fully saturated rings. The summed E-state index contributed by atoms with van der Waals surface area (Å²) in [5.41, 5.74) is 8.34. The number of primary amides is 1. The van der Waals surface area contributed by atoms with Crippen LogP contribution >= 0.6 is 11.8 Å². The van der Waals surface area contributed by atoms with Crippen LogP contribution in [0.5, 0.6) is 0 Å². The first kappa shape index (κ1) is 20.4. The average Bonchev–Trinajstić information content (AvgIpc) is 3.26. The van der Waals surface area contributed by atoms with Crippen LogP contribution in [0, 0.1) is 13.8 Å². The van der Waals surface area contributed by atoms with E-state index in [1.807, 2.05) is 20.8 Å². The Morgan fingerprint density at radius 1 is 1.36 bits per heavy atom. The van der Waals surface area contributed by atoms with Gasteiger partial charge < -0.3 is 20.4 Å². The Bertz CT molecular complexity index is 857. The van der Waals surface area contributed by atoms with E-state index in [1.54, 1.807) is 24.3 Å². The zero-order valence-corrected chi connectivity index (χ0v) is 17.2. The molecule has 3 N–H and O–H groups in total. The van der Waals surface area contributed by atoms with Crippen molar-refractivity contribution in [2.24, 2.45) is 5.73 Å². The standard InChI is InChI=1S/C20H26N4O3S/c1-12-13(2)24(11-17-5-4-10-27-17)20(22-12)28-14(3)19(26)23-16-8-6-15(7-9-16)18(21)25/h6-9,14,17H,4-5,10-11H2,1-3H3,(H2,21,25)(H,23,26). The molecule has 1 aliphatic rings. The van der Waals surface area contributed by atoms with Crippen LogP contribution in [0.3, 0.4) is 0 Å². The van der Waals surface area contributed by atoms with Crippen LogP contribution in [0.2, 0.25) is 0 Å². The van der Waals surface area contributed by atoms with E-state index in [1.165, 1.54) is 11.8 Å². The molecule has 2 heterocycles. The van der Waals surface area contributed by atoms with Gasteiger partial charge in [0.05, 0.1) is 23.6 Å². The number of ether oxygens (including phenoxy) is 1. The van der Waals surface area contributed by atoms with Gasteiger partial charge >= 0.3 is 0 Å². The number of anilines is 1. The summed E-state index contributed by atoms with van der Waals surface area (Å²) in [6.07, 6.45) is 2.35. The van der Waals surface area contributed by atoms with Gasteiger partial charge in [-0.05, 0) is 57.9 Å². The second-order valence-electron chi connectivity index (χ2n) is 7.00. The summed E-state index contributed by atoms with van der Waals surface area (Å²) >= 11 is 1.43. The highest BCUT2D eigenvalue weighted by molar-refractivity contribution is 8.00. The first-order chi connectivity index (χ1) is 13.3. The number of hydrogen-bond donors (Lipinski definition) is 2. The van der Waals surface area contributed by atoms with E-state index in [4.69, 9.17) is 10.5 Å². The number of thioether (sulfide) groups is 1. The third kappa shape index (κ3) is 4.74. The summed E-state index contributed by atoms with van der Waals surface area (Å²) in [6, 6.07) is 6.53. The van der Waals surface area contributed by atoms with Crippen molar-refractivity contribution in [3.8, 4) is 0 Å². The normalized spacial score (nSPS) is 17.5. The molecule has 2 aromatic rings. The van der Waals surface area contributed by atoms with Crippen molar-refractivity contribution >= 4 is 29.3 Å². The van der Waals surface area contributed by atoms with E-state index in [-0.39, 0.29) is 17.3 Å². The third-order valence-corrected chi connectivity index (χ3v) is 6.01. The highest BCUT2D eigenvalue weighted by atomic mass is 32.2. The van der Waals surface area contributed by atoms with E-state index in [0.717, 1.165) is 42.5 Å². The first-order valence-electron chi connectivity index (χ1n) is 9.38. The minimum Gasteiger partial charge on any atom is -0.376 e. The Hall–Kier alpha value is -2.32. The zero-order valence-electron chi connectivity index (χ0n) is 16.4. The van der Waals surface area contributed by atoms with Gasteiger partial charge in [0, 0.05) is 23.6 Å². The predicted octanol–water partition coefficient (Wildman–Crippen LogP) is 2.90. The van der Waals surface area contributed by atoms with Gasteiger partial charge in [0.15, 0.2) is 5.16 Å². The molecule has 1 aromatic carbocycles. The van der Waals surface area contributed by atoms with Crippen LogP contribution in [0.25, 0.3) is 0 Å². The van der Waals surface area contributed by atoms with Crippen LogP contribution < -0.4 is 11.1 Å². The lowest BCUT2D eigenvalue weighted by atomic mass is 10.2. The van der Waals surface area contributed by atoms with Gasteiger partial charge in [-0.1, -0.05) is 11.8 Å². The molecule has 0 spiro atoms. The molecule has 1 aliphatic heterocycles. The molecule has 3 rings (SSSR count). The second-order valence-corrected chi connectivity index (χ2v) is 8.31. The minimum absolute atomic E-state index is 0.126. The van der Waals surface area contributed by atoms with Crippen LogP contribution in [-0.2, 0) is 16.1 Å². The Kier molecular flexibility index (Phi) is 6.41. The lowest BCUT2D eigenvalue weighted by molar-refractivity contribution is -0.115. The highest BCUT2D eigenvalue weighted by Crippen LogP contribution is 2.28. The third-order valence-electron chi connectivity index (χ3n) is 4.92. The molecule has 150 valence electrons. The number of imidazole rings is 1. The molecule has 0 aliphatic carbocycles. The SMILES string of the molecule is Cc1nc(SC(C)C(=O)Nc2ccc(C(N)=O)cc2)n(CC2CCCO2)c1C. The van der Waals surface area contributed by atoms with E-state index >= 15 is 0 Å². The minimum atomic E-state index is -0.495. The van der Waals surface area contributed by atoms with Gasteiger partial charge in [-0.15, -0.1) is 0 Å².